The maximum absolute atomic E-state index is 12.9. The van der Waals surface area contributed by atoms with Crippen molar-refractivity contribution in [2.24, 2.45) is 5.92 Å². The molecular weight excluding hydrogens is 494 g/mol. The second kappa shape index (κ2) is 15.2. The predicted molar refractivity (Wildman–Crippen MR) is 154 cm³/mol. The number of nitrogens with one attached hydrogen (secondary N) is 2. The number of carbonyl (C=O) groups excluding carboxylic acids is 1. The van der Waals surface area contributed by atoms with Crippen LogP contribution in [0.1, 0.15) is 18.4 Å². The summed E-state index contributed by atoms with van der Waals surface area (Å²) in [5.41, 5.74) is 2.62. The fraction of sp³-hybridized carbons (Fsp3) is 0.433. The van der Waals surface area contributed by atoms with Crippen LogP contribution in [0.5, 0.6) is 5.75 Å². The number of aromatic nitrogens is 2. The van der Waals surface area contributed by atoms with Crippen molar-refractivity contribution in [2.45, 2.75) is 19.3 Å². The van der Waals surface area contributed by atoms with Gasteiger partial charge in [0.2, 0.25) is 5.91 Å². The maximum Gasteiger partial charge on any atom is 0.248 e. The summed E-state index contributed by atoms with van der Waals surface area (Å²) in [6, 6.07) is 14.1. The van der Waals surface area contributed by atoms with Gasteiger partial charge in [-0.15, -0.1) is 0 Å². The van der Waals surface area contributed by atoms with E-state index in [9.17, 15) is 4.79 Å². The SMILES string of the molecule is COCCN(CC=CC(=O)Nc1cc2c(NCCc3ccccc3)ncnc2cc1OCC1CC1)CCOC. The first kappa shape index (κ1) is 28.5. The second-order valence-corrected chi connectivity index (χ2v) is 9.68. The van der Waals surface area contributed by atoms with Crippen LogP contribution in [-0.2, 0) is 20.7 Å². The van der Waals surface area contributed by atoms with Crippen LogP contribution in [0.15, 0.2) is 60.9 Å². The molecule has 1 heterocycles. The maximum atomic E-state index is 12.9. The number of ether oxygens (including phenoxy) is 3. The first-order valence-electron chi connectivity index (χ1n) is 13.5. The van der Waals surface area contributed by atoms with Crippen molar-refractivity contribution < 1.29 is 19.0 Å². The predicted octanol–water partition coefficient (Wildman–Crippen LogP) is 4.16. The molecule has 9 heteroatoms. The van der Waals surface area contributed by atoms with E-state index in [-0.39, 0.29) is 5.91 Å². The molecule has 1 fully saturated rings. The Morgan fingerprint density at radius 3 is 2.56 bits per heavy atom. The van der Waals surface area contributed by atoms with E-state index in [0.717, 1.165) is 42.8 Å². The van der Waals surface area contributed by atoms with Crippen molar-refractivity contribution in [3.8, 4) is 5.75 Å². The van der Waals surface area contributed by atoms with E-state index < -0.39 is 0 Å². The average molecular weight is 534 g/mol. The Morgan fingerprint density at radius 2 is 1.85 bits per heavy atom. The minimum absolute atomic E-state index is 0.223. The summed E-state index contributed by atoms with van der Waals surface area (Å²) in [4.78, 5) is 24.0. The van der Waals surface area contributed by atoms with Gasteiger partial charge >= 0.3 is 0 Å². The summed E-state index contributed by atoms with van der Waals surface area (Å²) in [5.74, 6) is 1.70. The van der Waals surface area contributed by atoms with E-state index in [0.29, 0.717) is 43.7 Å². The monoisotopic (exact) mass is 533 g/mol. The highest BCUT2D eigenvalue weighted by molar-refractivity contribution is 6.03. The van der Waals surface area contributed by atoms with Crippen molar-refractivity contribution in [1.29, 1.82) is 0 Å². The van der Waals surface area contributed by atoms with Crippen LogP contribution in [0, 0.1) is 5.92 Å². The molecule has 1 saturated carbocycles. The summed E-state index contributed by atoms with van der Waals surface area (Å²) in [7, 11) is 3.36. The number of rotatable bonds is 17. The Morgan fingerprint density at radius 1 is 1.08 bits per heavy atom. The molecule has 9 nitrogen and oxygen atoms in total. The molecule has 1 aromatic heterocycles. The van der Waals surface area contributed by atoms with Crippen LogP contribution in [0.25, 0.3) is 10.9 Å². The molecule has 3 aromatic rings. The van der Waals surface area contributed by atoms with Crippen LogP contribution in [0.3, 0.4) is 0 Å². The van der Waals surface area contributed by atoms with Crippen LogP contribution in [0.2, 0.25) is 0 Å². The van der Waals surface area contributed by atoms with Gasteiger partial charge in [0.1, 0.15) is 17.9 Å². The molecule has 1 amide bonds. The van der Waals surface area contributed by atoms with Crippen LogP contribution in [-0.4, -0.2) is 81.0 Å². The molecule has 2 aromatic carbocycles. The molecule has 0 saturated heterocycles. The molecule has 1 aliphatic carbocycles. The quantitative estimate of drug-likeness (QED) is 0.250. The molecular formula is C30H39N5O4. The van der Waals surface area contributed by atoms with Gasteiger partial charge in [-0.2, -0.15) is 0 Å². The highest BCUT2D eigenvalue weighted by Gasteiger charge is 2.23. The third-order valence-electron chi connectivity index (χ3n) is 6.57. The zero-order valence-electron chi connectivity index (χ0n) is 22.9. The van der Waals surface area contributed by atoms with Crippen LogP contribution < -0.4 is 15.4 Å². The van der Waals surface area contributed by atoms with Gasteiger partial charge in [-0.05, 0) is 36.8 Å². The van der Waals surface area contributed by atoms with E-state index >= 15 is 0 Å². The standard InChI is InChI=1S/C30H39N5O4/c1-37-17-15-35(16-18-38-2)14-6-9-29(36)34-27-19-25-26(20-28(27)39-21-24-10-11-24)32-22-33-30(25)31-13-12-23-7-4-3-5-8-23/h3-9,19-20,22,24H,10-18,21H2,1-2H3,(H,34,36)(H,31,32,33). The topological polar surface area (TPSA) is 97.8 Å². The number of fused-ring (bicyclic) bond motifs is 1. The minimum Gasteiger partial charge on any atom is -0.491 e. The van der Waals surface area contributed by atoms with Crippen LogP contribution in [0.4, 0.5) is 11.5 Å². The lowest BCUT2D eigenvalue weighted by atomic mass is 10.1. The van der Waals surface area contributed by atoms with Crippen molar-refractivity contribution >= 4 is 28.3 Å². The number of anilines is 2. The Hall–Kier alpha value is -3.53. The Kier molecular flexibility index (Phi) is 11.1. The molecule has 208 valence electrons. The zero-order valence-corrected chi connectivity index (χ0v) is 22.9. The fourth-order valence-corrected chi connectivity index (χ4v) is 4.12. The van der Waals surface area contributed by atoms with Crippen molar-refractivity contribution in [3.05, 3.63) is 66.5 Å². The Balaban J connectivity index is 1.46. The van der Waals surface area contributed by atoms with Crippen molar-refractivity contribution in [3.63, 3.8) is 0 Å². The normalized spacial score (nSPS) is 13.3. The van der Waals surface area contributed by atoms with Crippen molar-refractivity contribution in [1.82, 2.24) is 14.9 Å². The summed E-state index contributed by atoms with van der Waals surface area (Å²) in [6.45, 7) is 4.73. The highest BCUT2D eigenvalue weighted by atomic mass is 16.5. The zero-order chi connectivity index (χ0) is 27.3. The van der Waals surface area contributed by atoms with E-state index in [1.807, 2.05) is 36.4 Å². The van der Waals surface area contributed by atoms with Gasteiger partial charge in [0.05, 0.1) is 31.0 Å². The summed E-state index contributed by atoms with van der Waals surface area (Å²) in [5, 5.41) is 7.27. The fourth-order valence-electron chi connectivity index (χ4n) is 4.12. The van der Waals surface area contributed by atoms with E-state index in [4.69, 9.17) is 14.2 Å². The molecule has 39 heavy (non-hydrogen) atoms. The number of hydrogen-bond donors (Lipinski definition) is 2. The number of methoxy groups -OCH3 is 2. The number of carbonyl (C=O) groups is 1. The van der Waals surface area contributed by atoms with Gasteiger partial charge < -0.3 is 24.8 Å². The number of amides is 1. The molecule has 0 unspecified atom stereocenters. The molecule has 1 aliphatic rings. The van der Waals surface area contributed by atoms with E-state index in [1.54, 1.807) is 26.6 Å². The van der Waals surface area contributed by atoms with Gasteiger partial charge in [0.25, 0.3) is 0 Å². The van der Waals surface area contributed by atoms with Gasteiger partial charge in [-0.1, -0.05) is 36.4 Å². The summed E-state index contributed by atoms with van der Waals surface area (Å²) >= 11 is 0. The third kappa shape index (κ3) is 9.31. The minimum atomic E-state index is -0.223. The largest absolute Gasteiger partial charge is 0.491 e. The molecule has 0 bridgehead atoms. The number of nitrogens with zero attached hydrogens (tertiary/aromatic N) is 3. The smallest absolute Gasteiger partial charge is 0.248 e. The first-order chi connectivity index (χ1) is 19.2. The molecule has 0 aliphatic heterocycles. The summed E-state index contributed by atoms with van der Waals surface area (Å²) < 4.78 is 16.5. The molecule has 4 rings (SSSR count). The Bertz CT molecular complexity index is 1210. The van der Waals surface area contributed by atoms with Gasteiger partial charge in [0.15, 0.2) is 0 Å². The lowest BCUT2D eigenvalue weighted by Gasteiger charge is -2.19. The molecule has 0 atom stereocenters. The third-order valence-corrected chi connectivity index (χ3v) is 6.57. The lowest BCUT2D eigenvalue weighted by Crippen LogP contribution is -2.31. The number of hydrogen-bond acceptors (Lipinski definition) is 8. The second-order valence-electron chi connectivity index (χ2n) is 9.68. The number of benzene rings is 2. The van der Waals surface area contributed by atoms with E-state index in [2.05, 4.69) is 37.6 Å². The lowest BCUT2D eigenvalue weighted by molar-refractivity contribution is -0.111. The average Bonchev–Trinajstić information content (AvgIpc) is 3.78. The van der Waals surface area contributed by atoms with Crippen LogP contribution >= 0.6 is 0 Å². The van der Waals surface area contributed by atoms with E-state index in [1.165, 1.54) is 18.4 Å². The van der Waals surface area contributed by atoms with Gasteiger partial charge in [0, 0.05) is 57.9 Å². The van der Waals surface area contributed by atoms with Gasteiger partial charge in [-0.3, -0.25) is 9.69 Å². The van der Waals surface area contributed by atoms with Gasteiger partial charge in [-0.25, -0.2) is 9.97 Å². The first-order valence-corrected chi connectivity index (χ1v) is 13.5. The Labute approximate surface area is 230 Å². The molecule has 0 spiro atoms. The molecule has 0 radical (unpaired) electrons. The molecule has 2 N–H and O–H groups in total. The summed E-state index contributed by atoms with van der Waals surface area (Å²) in [6.07, 6.45) is 8.19. The van der Waals surface area contributed by atoms with Crippen molar-refractivity contribution in [2.75, 3.05) is 70.9 Å². The highest BCUT2D eigenvalue weighted by Crippen LogP contribution is 2.35.